The lowest BCUT2D eigenvalue weighted by molar-refractivity contribution is -0.131. The highest BCUT2D eigenvalue weighted by molar-refractivity contribution is 7.80. The molecule has 0 unspecified atom stereocenters. The zero-order valence-electron chi connectivity index (χ0n) is 14.6. The maximum absolute atomic E-state index is 11.3. The van der Waals surface area contributed by atoms with Crippen molar-refractivity contribution in [3.63, 3.8) is 0 Å². The van der Waals surface area contributed by atoms with Gasteiger partial charge in [0.2, 0.25) is 0 Å². The molecule has 0 saturated carbocycles. The lowest BCUT2D eigenvalue weighted by Crippen LogP contribution is -2.24. The largest absolute Gasteiger partial charge is 0.427 e. The second kappa shape index (κ2) is 7.63. The van der Waals surface area contributed by atoms with Crippen LogP contribution in [-0.2, 0) is 4.79 Å². The molecule has 0 saturated heterocycles. The Bertz CT molecular complexity index is 856. The highest BCUT2D eigenvalue weighted by Crippen LogP contribution is 2.35. The average molecular weight is 347 g/mol. The SMILES string of the molecule is CC(=O)Oc1cc[c]c(P(c2ccccc2C)c2ccccc2C)c1. The van der Waals surface area contributed by atoms with E-state index in [1.54, 1.807) is 6.07 Å². The summed E-state index contributed by atoms with van der Waals surface area (Å²) in [6, 6.07) is 25.8. The van der Waals surface area contributed by atoms with E-state index in [-0.39, 0.29) is 5.97 Å². The molecular weight excluding hydrogens is 327 g/mol. The quantitative estimate of drug-likeness (QED) is 0.408. The Balaban J connectivity index is 2.17. The van der Waals surface area contributed by atoms with Crippen LogP contribution in [0.5, 0.6) is 5.75 Å². The zero-order valence-corrected chi connectivity index (χ0v) is 15.5. The van der Waals surface area contributed by atoms with Gasteiger partial charge in [-0.3, -0.25) is 4.79 Å². The molecule has 3 aromatic carbocycles. The summed E-state index contributed by atoms with van der Waals surface area (Å²) in [5, 5.41) is 3.64. The first-order valence-electron chi connectivity index (χ1n) is 8.18. The third kappa shape index (κ3) is 3.97. The highest BCUT2D eigenvalue weighted by atomic mass is 31.1. The van der Waals surface area contributed by atoms with E-state index in [0.717, 1.165) is 5.30 Å². The lowest BCUT2D eigenvalue weighted by atomic mass is 10.2. The molecule has 125 valence electrons. The van der Waals surface area contributed by atoms with Gasteiger partial charge >= 0.3 is 5.97 Å². The summed E-state index contributed by atoms with van der Waals surface area (Å²) in [5.41, 5.74) is 2.51. The van der Waals surface area contributed by atoms with Crippen LogP contribution in [0.25, 0.3) is 0 Å². The Labute approximate surface area is 150 Å². The number of hydrogen-bond donors (Lipinski definition) is 0. The first-order chi connectivity index (χ1) is 12.1. The van der Waals surface area contributed by atoms with Gasteiger partial charge in [-0.1, -0.05) is 48.5 Å². The second-order valence-electron chi connectivity index (χ2n) is 5.91. The molecule has 1 radical (unpaired) electrons. The van der Waals surface area contributed by atoms with Gasteiger partial charge in [0.1, 0.15) is 5.75 Å². The van der Waals surface area contributed by atoms with E-state index in [1.807, 2.05) is 12.1 Å². The Morgan fingerprint density at radius 3 is 2.00 bits per heavy atom. The summed E-state index contributed by atoms with van der Waals surface area (Å²) in [7, 11) is -0.776. The fourth-order valence-corrected chi connectivity index (χ4v) is 5.37. The molecule has 0 bridgehead atoms. The minimum absolute atomic E-state index is 0.312. The van der Waals surface area contributed by atoms with Crippen molar-refractivity contribution in [1.82, 2.24) is 0 Å². The van der Waals surface area contributed by atoms with E-state index in [0.29, 0.717) is 5.75 Å². The highest BCUT2D eigenvalue weighted by Gasteiger charge is 2.20. The molecule has 3 aromatic rings. The number of ether oxygens (including phenoxy) is 1. The van der Waals surface area contributed by atoms with Gasteiger partial charge in [0, 0.05) is 6.92 Å². The van der Waals surface area contributed by atoms with Crippen molar-refractivity contribution in [3.8, 4) is 5.75 Å². The molecule has 0 aliphatic carbocycles. The maximum Gasteiger partial charge on any atom is 0.308 e. The van der Waals surface area contributed by atoms with Crippen LogP contribution in [0.4, 0.5) is 0 Å². The molecule has 0 fully saturated rings. The Kier molecular flexibility index (Phi) is 5.31. The third-order valence-electron chi connectivity index (χ3n) is 3.97. The van der Waals surface area contributed by atoms with Crippen LogP contribution in [-0.4, -0.2) is 5.97 Å². The van der Waals surface area contributed by atoms with Crippen molar-refractivity contribution in [1.29, 1.82) is 0 Å². The summed E-state index contributed by atoms with van der Waals surface area (Å²) < 4.78 is 5.29. The van der Waals surface area contributed by atoms with E-state index in [2.05, 4.69) is 68.4 Å². The van der Waals surface area contributed by atoms with Gasteiger partial charge in [-0.15, -0.1) is 0 Å². The van der Waals surface area contributed by atoms with Crippen LogP contribution in [0.3, 0.4) is 0 Å². The molecule has 0 amide bonds. The van der Waals surface area contributed by atoms with E-state index < -0.39 is 7.92 Å². The molecule has 25 heavy (non-hydrogen) atoms. The van der Waals surface area contributed by atoms with Crippen molar-refractivity contribution in [2.45, 2.75) is 20.8 Å². The molecule has 0 atom stereocenters. The second-order valence-corrected chi connectivity index (χ2v) is 8.03. The minimum Gasteiger partial charge on any atom is -0.427 e. The monoisotopic (exact) mass is 347 g/mol. The predicted molar refractivity (Wildman–Crippen MR) is 105 cm³/mol. The summed E-state index contributed by atoms with van der Waals surface area (Å²) in [6.07, 6.45) is 0. The molecule has 3 heteroatoms. The van der Waals surface area contributed by atoms with Crippen LogP contribution in [0, 0.1) is 19.9 Å². The van der Waals surface area contributed by atoms with Crippen molar-refractivity contribution >= 4 is 29.8 Å². The summed E-state index contributed by atoms with van der Waals surface area (Å²) >= 11 is 0. The number of esters is 1. The van der Waals surface area contributed by atoms with Gasteiger partial charge in [-0.05, 0) is 73.1 Å². The first-order valence-corrected chi connectivity index (χ1v) is 9.52. The molecule has 0 spiro atoms. The molecular formula is C22H20O2P. The Morgan fingerprint density at radius 1 is 0.920 bits per heavy atom. The number of rotatable bonds is 4. The molecule has 2 nitrogen and oxygen atoms in total. The van der Waals surface area contributed by atoms with Crippen LogP contribution < -0.4 is 20.7 Å². The third-order valence-corrected chi connectivity index (χ3v) is 6.68. The molecule has 3 rings (SSSR count). The van der Waals surface area contributed by atoms with E-state index in [9.17, 15) is 4.79 Å². The molecule has 0 aliphatic rings. The number of carbonyl (C=O) groups excluding carboxylic acids is 1. The fourth-order valence-electron chi connectivity index (χ4n) is 2.81. The molecule has 0 N–H and O–H groups in total. The van der Waals surface area contributed by atoms with Crippen LogP contribution in [0.15, 0.2) is 66.7 Å². The smallest absolute Gasteiger partial charge is 0.308 e. The summed E-state index contributed by atoms with van der Waals surface area (Å²) in [6.45, 7) is 5.69. The van der Waals surface area contributed by atoms with Gasteiger partial charge in [-0.2, -0.15) is 0 Å². The zero-order chi connectivity index (χ0) is 17.8. The Morgan fingerprint density at radius 2 is 1.48 bits per heavy atom. The van der Waals surface area contributed by atoms with Gasteiger partial charge < -0.3 is 4.74 Å². The van der Waals surface area contributed by atoms with Crippen LogP contribution in [0.2, 0.25) is 0 Å². The van der Waals surface area contributed by atoms with Gasteiger partial charge in [-0.25, -0.2) is 0 Å². The minimum atomic E-state index is -0.776. The number of benzene rings is 3. The van der Waals surface area contributed by atoms with E-state index >= 15 is 0 Å². The first kappa shape index (κ1) is 17.4. The standard InChI is InChI=1S/C22H20O2P/c1-16-9-4-6-13-21(16)25(22-14-7-5-10-17(22)2)20-12-8-11-19(15-20)24-18(3)23/h4-11,13-15H,1-3H3. The molecule has 0 aromatic heterocycles. The predicted octanol–water partition coefficient (Wildman–Crippen LogP) is 3.79. The normalized spacial score (nSPS) is 10.7. The summed E-state index contributed by atoms with van der Waals surface area (Å²) in [4.78, 5) is 11.3. The molecule has 0 aliphatic heterocycles. The van der Waals surface area contributed by atoms with Crippen LogP contribution >= 0.6 is 7.92 Å². The van der Waals surface area contributed by atoms with Gasteiger partial charge in [0.15, 0.2) is 0 Å². The van der Waals surface area contributed by atoms with Crippen LogP contribution in [0.1, 0.15) is 18.1 Å². The van der Waals surface area contributed by atoms with E-state index in [1.165, 1.54) is 28.7 Å². The van der Waals surface area contributed by atoms with Crippen molar-refractivity contribution in [2.24, 2.45) is 0 Å². The maximum atomic E-state index is 11.3. The number of hydrogen-bond acceptors (Lipinski definition) is 2. The lowest BCUT2D eigenvalue weighted by Gasteiger charge is -2.23. The van der Waals surface area contributed by atoms with E-state index in [4.69, 9.17) is 4.74 Å². The van der Waals surface area contributed by atoms with Crippen molar-refractivity contribution < 1.29 is 9.53 Å². The number of carbonyl (C=O) groups is 1. The van der Waals surface area contributed by atoms with Crippen molar-refractivity contribution in [3.05, 3.63) is 83.9 Å². The fraction of sp³-hybridized carbons (Fsp3) is 0.136. The van der Waals surface area contributed by atoms with Crippen molar-refractivity contribution in [2.75, 3.05) is 0 Å². The van der Waals surface area contributed by atoms with Gasteiger partial charge in [0.25, 0.3) is 0 Å². The topological polar surface area (TPSA) is 26.3 Å². The Hall–Kier alpha value is -2.44. The molecule has 0 heterocycles. The summed E-state index contributed by atoms with van der Waals surface area (Å²) in [5.74, 6) is 0.254. The average Bonchev–Trinajstić information content (AvgIpc) is 2.58. The number of aryl methyl sites for hydroxylation is 2. The van der Waals surface area contributed by atoms with Gasteiger partial charge in [0.05, 0.1) is 0 Å².